The summed E-state index contributed by atoms with van der Waals surface area (Å²) in [6.45, 7) is 0. The quantitative estimate of drug-likeness (QED) is 0.833. The number of aryl methyl sites for hydroxylation is 1. The molecule has 3 N–H and O–H groups in total. The Morgan fingerprint density at radius 3 is 2.78 bits per heavy atom. The molecule has 7 heteroatoms. The molecule has 0 radical (unpaired) electrons. The number of anilines is 1. The average Bonchev–Trinajstić information content (AvgIpc) is 3.06. The van der Waals surface area contributed by atoms with Crippen LogP contribution in [-0.2, 0) is 12.8 Å². The van der Waals surface area contributed by atoms with Crippen molar-refractivity contribution in [2.45, 2.75) is 19.3 Å². The third-order valence-electron chi connectivity index (χ3n) is 3.81. The van der Waals surface area contributed by atoms with Gasteiger partial charge in [-0.1, -0.05) is 0 Å². The Morgan fingerprint density at radius 1 is 1.35 bits per heavy atom. The number of ether oxygens (including phenoxy) is 1. The van der Waals surface area contributed by atoms with Crippen LogP contribution in [-0.4, -0.2) is 18.9 Å². The van der Waals surface area contributed by atoms with Gasteiger partial charge in [0.05, 0.1) is 17.1 Å². The Hall–Kier alpha value is -1.86. The van der Waals surface area contributed by atoms with Crippen LogP contribution in [0.25, 0.3) is 0 Å². The van der Waals surface area contributed by atoms with Crippen molar-refractivity contribution in [3.63, 3.8) is 0 Å². The molecule has 2 aromatic rings. The predicted octanol–water partition coefficient (Wildman–Crippen LogP) is 3.36. The number of methoxy groups -OCH3 is 1. The van der Waals surface area contributed by atoms with E-state index in [0.717, 1.165) is 29.7 Å². The van der Waals surface area contributed by atoms with Crippen LogP contribution in [0.1, 0.15) is 37.6 Å². The van der Waals surface area contributed by atoms with E-state index >= 15 is 0 Å². The van der Waals surface area contributed by atoms with Crippen molar-refractivity contribution >= 4 is 44.1 Å². The summed E-state index contributed by atoms with van der Waals surface area (Å²) in [6.07, 6.45) is 2.80. The molecular formula is C16H15BrN2O3S. The summed E-state index contributed by atoms with van der Waals surface area (Å²) >= 11 is 4.80. The number of hydrogen-bond donors (Lipinski definition) is 2. The summed E-state index contributed by atoms with van der Waals surface area (Å²) in [5.41, 5.74) is 7.43. The van der Waals surface area contributed by atoms with Crippen LogP contribution in [0.15, 0.2) is 22.7 Å². The number of carbonyl (C=O) groups is 2. The van der Waals surface area contributed by atoms with Gasteiger partial charge >= 0.3 is 0 Å². The summed E-state index contributed by atoms with van der Waals surface area (Å²) in [6, 6.07) is 5.06. The number of halogens is 1. The van der Waals surface area contributed by atoms with Crippen molar-refractivity contribution < 1.29 is 14.3 Å². The minimum absolute atomic E-state index is 0.282. The van der Waals surface area contributed by atoms with Crippen molar-refractivity contribution in [2.24, 2.45) is 5.73 Å². The molecule has 1 aliphatic carbocycles. The molecule has 0 atom stereocenters. The highest BCUT2D eigenvalue weighted by Gasteiger charge is 2.26. The number of primary amides is 1. The Balaban J connectivity index is 1.89. The summed E-state index contributed by atoms with van der Waals surface area (Å²) in [4.78, 5) is 25.3. The maximum Gasteiger partial charge on any atom is 0.256 e. The Labute approximate surface area is 146 Å². The van der Waals surface area contributed by atoms with E-state index in [4.69, 9.17) is 10.5 Å². The fourth-order valence-electron chi connectivity index (χ4n) is 2.74. The average molecular weight is 395 g/mol. The molecule has 1 aliphatic rings. The number of carbonyl (C=O) groups excluding carboxylic acids is 2. The van der Waals surface area contributed by atoms with Gasteiger partial charge in [-0.15, -0.1) is 11.3 Å². The molecule has 1 heterocycles. The Morgan fingerprint density at radius 2 is 2.13 bits per heavy atom. The maximum atomic E-state index is 12.4. The van der Waals surface area contributed by atoms with Crippen LogP contribution in [0.3, 0.4) is 0 Å². The minimum atomic E-state index is -0.490. The van der Waals surface area contributed by atoms with Crippen LogP contribution >= 0.6 is 27.3 Å². The summed E-state index contributed by atoms with van der Waals surface area (Å²) < 4.78 is 5.84. The topological polar surface area (TPSA) is 81.4 Å². The Bertz CT molecular complexity index is 801. The summed E-state index contributed by atoms with van der Waals surface area (Å²) in [7, 11) is 1.56. The van der Waals surface area contributed by atoms with Gasteiger partial charge in [-0.05, 0) is 59.0 Å². The molecule has 120 valence electrons. The first-order valence-corrected chi connectivity index (χ1v) is 8.71. The second-order valence-corrected chi connectivity index (χ2v) is 7.19. The molecule has 0 saturated heterocycles. The lowest BCUT2D eigenvalue weighted by molar-refractivity contribution is 0.100. The molecule has 0 unspecified atom stereocenters. The highest BCUT2D eigenvalue weighted by molar-refractivity contribution is 9.10. The molecule has 1 aromatic heterocycles. The zero-order chi connectivity index (χ0) is 16.6. The van der Waals surface area contributed by atoms with Crippen molar-refractivity contribution in [1.29, 1.82) is 0 Å². The second-order valence-electron chi connectivity index (χ2n) is 5.23. The van der Waals surface area contributed by atoms with Crippen LogP contribution < -0.4 is 15.8 Å². The molecule has 5 nitrogen and oxygen atoms in total. The van der Waals surface area contributed by atoms with E-state index in [9.17, 15) is 9.59 Å². The molecule has 0 aliphatic heterocycles. The van der Waals surface area contributed by atoms with Crippen LogP contribution in [0.4, 0.5) is 5.00 Å². The van der Waals surface area contributed by atoms with Gasteiger partial charge in [-0.25, -0.2) is 0 Å². The van der Waals surface area contributed by atoms with Crippen molar-refractivity contribution in [1.82, 2.24) is 0 Å². The van der Waals surface area contributed by atoms with Gasteiger partial charge in [0.25, 0.3) is 11.8 Å². The van der Waals surface area contributed by atoms with Crippen LogP contribution in [0, 0.1) is 0 Å². The normalized spacial score (nSPS) is 12.8. The molecule has 0 spiro atoms. The lowest BCUT2D eigenvalue weighted by Gasteiger charge is -2.08. The molecule has 0 saturated carbocycles. The van der Waals surface area contributed by atoms with Crippen LogP contribution in [0.5, 0.6) is 5.75 Å². The zero-order valence-electron chi connectivity index (χ0n) is 12.4. The highest BCUT2D eigenvalue weighted by Crippen LogP contribution is 2.39. The SMILES string of the molecule is COc1ccc(C(=O)Nc2sc3c(c2C(N)=O)CCC3)cc1Br. The molecular weight excluding hydrogens is 380 g/mol. The number of fused-ring (bicyclic) bond motifs is 1. The smallest absolute Gasteiger partial charge is 0.256 e. The number of nitrogens with one attached hydrogen (secondary N) is 1. The number of thiophene rings is 1. The third kappa shape index (κ3) is 2.98. The lowest BCUT2D eigenvalue weighted by atomic mass is 10.1. The van der Waals surface area contributed by atoms with E-state index in [1.165, 1.54) is 11.3 Å². The lowest BCUT2D eigenvalue weighted by Crippen LogP contribution is -2.17. The predicted molar refractivity (Wildman–Crippen MR) is 93.5 cm³/mol. The van der Waals surface area contributed by atoms with Gasteiger partial charge in [0.2, 0.25) is 0 Å². The third-order valence-corrected chi connectivity index (χ3v) is 5.64. The zero-order valence-corrected chi connectivity index (χ0v) is 14.8. The van der Waals surface area contributed by atoms with Crippen molar-refractivity contribution in [3.8, 4) is 5.75 Å². The van der Waals surface area contributed by atoms with E-state index < -0.39 is 5.91 Å². The highest BCUT2D eigenvalue weighted by atomic mass is 79.9. The maximum absolute atomic E-state index is 12.4. The van der Waals surface area contributed by atoms with Crippen molar-refractivity contribution in [3.05, 3.63) is 44.2 Å². The van der Waals surface area contributed by atoms with E-state index in [0.29, 0.717) is 26.4 Å². The van der Waals surface area contributed by atoms with E-state index in [1.807, 2.05) is 0 Å². The largest absolute Gasteiger partial charge is 0.496 e. The first kappa shape index (κ1) is 16.0. The van der Waals surface area contributed by atoms with Gasteiger partial charge < -0.3 is 15.8 Å². The number of amides is 2. The van der Waals surface area contributed by atoms with Gasteiger partial charge in [0.15, 0.2) is 0 Å². The van der Waals surface area contributed by atoms with E-state index in [2.05, 4.69) is 21.2 Å². The van der Waals surface area contributed by atoms with Crippen LogP contribution in [0.2, 0.25) is 0 Å². The first-order chi connectivity index (χ1) is 11.0. The van der Waals surface area contributed by atoms with Gasteiger partial charge in [-0.2, -0.15) is 0 Å². The first-order valence-electron chi connectivity index (χ1n) is 7.10. The van der Waals surface area contributed by atoms with Gasteiger partial charge in [0.1, 0.15) is 10.8 Å². The van der Waals surface area contributed by atoms with E-state index in [-0.39, 0.29) is 5.91 Å². The molecule has 2 amide bonds. The fraction of sp³-hybridized carbons (Fsp3) is 0.250. The molecule has 1 aromatic carbocycles. The monoisotopic (exact) mass is 394 g/mol. The Kier molecular flexibility index (Phi) is 4.41. The summed E-state index contributed by atoms with van der Waals surface area (Å²) in [5.74, 6) is -0.124. The molecule has 0 fully saturated rings. The number of nitrogens with two attached hydrogens (primary N) is 1. The number of rotatable bonds is 4. The number of hydrogen-bond acceptors (Lipinski definition) is 4. The van der Waals surface area contributed by atoms with E-state index in [1.54, 1.807) is 25.3 Å². The number of benzene rings is 1. The summed E-state index contributed by atoms with van der Waals surface area (Å²) in [5, 5.41) is 3.36. The molecule has 3 rings (SSSR count). The standard InChI is InChI=1S/C16H15BrN2O3S/c1-22-11-6-5-8(7-10(11)17)15(21)19-16-13(14(18)20)9-3-2-4-12(9)23-16/h5-7H,2-4H2,1H3,(H2,18,20)(H,19,21). The fourth-order valence-corrected chi connectivity index (χ4v) is 4.57. The molecule has 0 bridgehead atoms. The van der Waals surface area contributed by atoms with Gasteiger partial charge in [-0.3, -0.25) is 9.59 Å². The molecule has 23 heavy (non-hydrogen) atoms. The second kappa shape index (κ2) is 6.33. The van der Waals surface area contributed by atoms with Crippen molar-refractivity contribution in [2.75, 3.05) is 12.4 Å². The minimum Gasteiger partial charge on any atom is -0.496 e. The van der Waals surface area contributed by atoms with Gasteiger partial charge in [0, 0.05) is 10.4 Å².